The van der Waals surface area contributed by atoms with E-state index >= 15 is 0 Å². The number of halogens is 1. The van der Waals surface area contributed by atoms with Gasteiger partial charge >= 0.3 is 0 Å². The summed E-state index contributed by atoms with van der Waals surface area (Å²) in [5.74, 6) is 0.459. The van der Waals surface area contributed by atoms with Crippen LogP contribution in [-0.4, -0.2) is 30.7 Å². The lowest BCUT2D eigenvalue weighted by Crippen LogP contribution is -2.05. The number of fused-ring (bicyclic) bond motifs is 1. The number of aromatic nitrogens is 3. The van der Waals surface area contributed by atoms with Crippen LogP contribution >= 0.6 is 22.9 Å². The van der Waals surface area contributed by atoms with Gasteiger partial charge in [-0.05, 0) is 41.8 Å². The Morgan fingerprint density at radius 1 is 1.14 bits per heavy atom. The summed E-state index contributed by atoms with van der Waals surface area (Å²) in [6.45, 7) is 0. The molecule has 0 saturated heterocycles. The molecular weight excluding hydrogens is 418 g/mol. The largest absolute Gasteiger partial charge is 0.496 e. The van der Waals surface area contributed by atoms with Crippen molar-refractivity contribution in [1.82, 2.24) is 15.2 Å². The monoisotopic (exact) mass is 431 g/mol. The predicted molar refractivity (Wildman–Crippen MR) is 110 cm³/mol. The molecule has 0 aliphatic heterocycles. The van der Waals surface area contributed by atoms with Crippen molar-refractivity contribution in [2.45, 2.75) is 10.6 Å². The molecule has 142 valence electrons. The van der Waals surface area contributed by atoms with Crippen LogP contribution < -0.4 is 4.74 Å². The molecule has 28 heavy (non-hydrogen) atoms. The summed E-state index contributed by atoms with van der Waals surface area (Å²) in [6.07, 6.45) is 1.64. The molecule has 0 amide bonds. The number of hydrogen-bond acceptors (Lipinski definition) is 7. The van der Waals surface area contributed by atoms with Gasteiger partial charge < -0.3 is 4.74 Å². The molecule has 0 bridgehead atoms. The molecule has 0 aliphatic carbocycles. The first-order valence-electron chi connectivity index (χ1n) is 8.18. The van der Waals surface area contributed by atoms with Gasteiger partial charge in [0.2, 0.25) is 0 Å². The Balaban J connectivity index is 1.82. The lowest BCUT2D eigenvalue weighted by atomic mass is 10.0. The Hall–Kier alpha value is -2.55. The van der Waals surface area contributed by atoms with E-state index in [1.807, 2.05) is 0 Å². The van der Waals surface area contributed by atoms with Gasteiger partial charge in [0, 0.05) is 22.2 Å². The van der Waals surface area contributed by atoms with Crippen molar-refractivity contribution in [3.8, 4) is 17.0 Å². The van der Waals surface area contributed by atoms with Gasteiger partial charge in [-0.3, -0.25) is 4.98 Å². The van der Waals surface area contributed by atoms with Gasteiger partial charge in [0.05, 0.1) is 17.7 Å². The molecule has 4 aromatic rings. The van der Waals surface area contributed by atoms with Crippen LogP contribution in [0.2, 0.25) is 5.02 Å². The maximum Gasteiger partial charge on any atom is 0.184 e. The summed E-state index contributed by atoms with van der Waals surface area (Å²) >= 11 is 7.37. The predicted octanol–water partition coefficient (Wildman–Crippen LogP) is 4.39. The molecule has 0 radical (unpaired) electrons. The number of rotatable bonds is 5. The van der Waals surface area contributed by atoms with Gasteiger partial charge in [-0.15, -0.1) is 21.5 Å². The normalized spacial score (nSPS) is 11.6. The third kappa shape index (κ3) is 3.58. The van der Waals surface area contributed by atoms with E-state index in [2.05, 4.69) is 15.2 Å². The molecule has 0 N–H and O–H groups in total. The van der Waals surface area contributed by atoms with E-state index in [0.29, 0.717) is 21.5 Å². The van der Waals surface area contributed by atoms with Gasteiger partial charge in [0.15, 0.2) is 9.84 Å². The van der Waals surface area contributed by atoms with Gasteiger partial charge in [-0.25, -0.2) is 8.42 Å². The standard InChI is InChI=1S/C19H14ClN3O3S2/c1-26-17-5-2-13(20)9-16(17)19-15-4-3-14(8-12(15)6-7-21-19)28(24,25)10-18-23-22-11-27-18/h2-9,11H,10H2,1H3. The number of ether oxygens (including phenoxy) is 1. The molecule has 2 aromatic carbocycles. The molecule has 2 aromatic heterocycles. The summed E-state index contributed by atoms with van der Waals surface area (Å²) in [4.78, 5) is 4.70. The topological polar surface area (TPSA) is 82.0 Å². The van der Waals surface area contributed by atoms with Crippen LogP contribution in [0.5, 0.6) is 5.75 Å². The Morgan fingerprint density at radius 2 is 2.00 bits per heavy atom. The Kier molecular flexibility index (Phi) is 5.01. The minimum absolute atomic E-state index is 0.177. The second-order valence-corrected chi connectivity index (χ2v) is 9.32. The summed E-state index contributed by atoms with van der Waals surface area (Å²) in [5.41, 5.74) is 2.93. The molecule has 4 rings (SSSR count). The first kappa shape index (κ1) is 18.8. The van der Waals surface area contributed by atoms with Gasteiger partial charge in [-0.2, -0.15) is 0 Å². The van der Waals surface area contributed by atoms with Crippen LogP contribution in [0.4, 0.5) is 0 Å². The fraction of sp³-hybridized carbons (Fsp3) is 0.105. The van der Waals surface area contributed by atoms with E-state index < -0.39 is 9.84 Å². The van der Waals surface area contributed by atoms with Crippen molar-refractivity contribution >= 4 is 43.5 Å². The van der Waals surface area contributed by atoms with Crippen molar-refractivity contribution in [3.05, 3.63) is 64.2 Å². The van der Waals surface area contributed by atoms with Gasteiger partial charge in [-0.1, -0.05) is 17.7 Å². The van der Waals surface area contributed by atoms with Crippen molar-refractivity contribution < 1.29 is 13.2 Å². The first-order chi connectivity index (χ1) is 13.5. The van der Waals surface area contributed by atoms with Gasteiger partial charge in [0.25, 0.3) is 0 Å². The third-order valence-electron chi connectivity index (χ3n) is 4.23. The van der Waals surface area contributed by atoms with E-state index in [1.165, 1.54) is 16.8 Å². The average molecular weight is 432 g/mol. The molecule has 6 nitrogen and oxygen atoms in total. The number of methoxy groups -OCH3 is 1. The molecule has 0 spiro atoms. The van der Waals surface area contributed by atoms with Crippen LogP contribution in [0.25, 0.3) is 22.0 Å². The number of pyridine rings is 1. The van der Waals surface area contributed by atoms with Crippen LogP contribution in [0.15, 0.2) is 59.1 Å². The second kappa shape index (κ2) is 7.46. The Bertz CT molecular complexity index is 1260. The van der Waals surface area contributed by atoms with E-state index in [4.69, 9.17) is 16.3 Å². The fourth-order valence-corrected chi connectivity index (χ4v) is 5.29. The maximum atomic E-state index is 12.7. The molecule has 0 aliphatic rings. The summed E-state index contributed by atoms with van der Waals surface area (Å²) in [5, 5.41) is 10.1. The highest BCUT2D eigenvalue weighted by atomic mass is 35.5. The summed E-state index contributed by atoms with van der Waals surface area (Å²) in [7, 11) is -1.95. The molecule has 0 saturated carbocycles. The van der Waals surface area contributed by atoms with Gasteiger partial charge in [0.1, 0.15) is 22.0 Å². The number of hydrogen-bond donors (Lipinski definition) is 0. The minimum Gasteiger partial charge on any atom is -0.496 e. The minimum atomic E-state index is -3.53. The zero-order valence-corrected chi connectivity index (χ0v) is 17.1. The highest BCUT2D eigenvalue weighted by Gasteiger charge is 2.19. The smallest absolute Gasteiger partial charge is 0.184 e. The van der Waals surface area contributed by atoms with Crippen LogP contribution in [0.1, 0.15) is 5.01 Å². The van der Waals surface area contributed by atoms with E-state index in [9.17, 15) is 8.42 Å². The first-order valence-corrected chi connectivity index (χ1v) is 11.1. The van der Waals surface area contributed by atoms with Crippen molar-refractivity contribution in [2.75, 3.05) is 7.11 Å². The van der Waals surface area contributed by atoms with Crippen LogP contribution in [-0.2, 0) is 15.6 Å². The molecule has 0 unspecified atom stereocenters. The van der Waals surface area contributed by atoms with Crippen molar-refractivity contribution in [3.63, 3.8) is 0 Å². The quantitative estimate of drug-likeness (QED) is 0.466. The lowest BCUT2D eigenvalue weighted by Gasteiger charge is -2.12. The second-order valence-electron chi connectivity index (χ2n) is 5.98. The van der Waals surface area contributed by atoms with E-state index in [1.54, 1.807) is 55.8 Å². The molecule has 9 heteroatoms. The highest BCUT2D eigenvalue weighted by molar-refractivity contribution is 7.90. The maximum absolute atomic E-state index is 12.7. The van der Waals surface area contributed by atoms with Crippen molar-refractivity contribution in [1.29, 1.82) is 0 Å². The summed E-state index contributed by atoms with van der Waals surface area (Å²) in [6, 6.07) is 12.1. The van der Waals surface area contributed by atoms with E-state index in [-0.39, 0.29) is 10.6 Å². The SMILES string of the molecule is COc1ccc(Cl)cc1-c1nccc2cc(S(=O)(=O)Cc3nncs3)ccc12. The zero-order chi connectivity index (χ0) is 19.7. The van der Waals surface area contributed by atoms with Crippen LogP contribution in [0.3, 0.4) is 0 Å². The zero-order valence-electron chi connectivity index (χ0n) is 14.7. The van der Waals surface area contributed by atoms with Crippen LogP contribution in [0, 0.1) is 0 Å². The fourth-order valence-electron chi connectivity index (χ4n) is 2.93. The number of sulfone groups is 1. The molecular formula is C19H14ClN3O3S2. The summed E-state index contributed by atoms with van der Waals surface area (Å²) < 4.78 is 30.9. The Labute approximate surface area is 170 Å². The lowest BCUT2D eigenvalue weighted by molar-refractivity contribution is 0.416. The molecule has 2 heterocycles. The Morgan fingerprint density at radius 3 is 2.75 bits per heavy atom. The third-order valence-corrected chi connectivity index (χ3v) is 6.97. The highest BCUT2D eigenvalue weighted by Crippen LogP contribution is 2.36. The van der Waals surface area contributed by atoms with E-state index in [0.717, 1.165) is 16.3 Å². The number of nitrogens with zero attached hydrogens (tertiary/aromatic N) is 3. The molecule has 0 fully saturated rings. The molecule has 0 atom stereocenters. The number of benzene rings is 2. The van der Waals surface area contributed by atoms with Crippen molar-refractivity contribution in [2.24, 2.45) is 0 Å². The average Bonchev–Trinajstić information content (AvgIpc) is 3.19.